The third-order valence-corrected chi connectivity index (χ3v) is 7.08. The molecule has 0 atom stereocenters. The van der Waals surface area contributed by atoms with E-state index in [1.54, 1.807) is 6.08 Å². The van der Waals surface area contributed by atoms with Gasteiger partial charge in [-0.3, -0.25) is 14.1 Å². The second kappa shape index (κ2) is 12.5. The molecule has 192 valence electrons. The molecule has 0 amide bonds. The van der Waals surface area contributed by atoms with Gasteiger partial charge in [-0.2, -0.15) is 16.8 Å². The summed E-state index contributed by atoms with van der Waals surface area (Å²) in [6.07, 6.45) is 4.39. The minimum absolute atomic E-state index is 0. The first-order valence-electron chi connectivity index (χ1n) is 10.9. The molecule has 0 heterocycles. The quantitative estimate of drug-likeness (QED) is 0.352. The number of aliphatic imine (C=N–C) groups is 1. The number of hydrogen-bond donors (Lipinski definition) is 2. The Labute approximate surface area is 240 Å². The van der Waals surface area contributed by atoms with Crippen molar-refractivity contribution in [2.75, 3.05) is 50.3 Å². The molecule has 2 aromatic rings. The Balaban J connectivity index is 0.00000481. The Morgan fingerprint density at radius 3 is 1.62 bits per heavy atom. The summed E-state index contributed by atoms with van der Waals surface area (Å²) in [7, 11) is -1.23. The molecule has 2 aromatic carbocycles. The molecule has 9 nitrogen and oxygen atoms in total. The maximum atomic E-state index is 12.2. The average molecular weight is 555 g/mol. The van der Waals surface area contributed by atoms with Crippen LogP contribution in [0.3, 0.4) is 0 Å². The molecule has 37 heavy (non-hydrogen) atoms. The fourth-order valence-corrected chi connectivity index (χ4v) is 4.64. The van der Waals surface area contributed by atoms with Gasteiger partial charge in [-0.25, -0.2) is 0 Å². The molecule has 1 aliphatic carbocycles. The Morgan fingerprint density at radius 1 is 0.784 bits per heavy atom. The van der Waals surface area contributed by atoms with E-state index in [1.165, 1.54) is 12.2 Å². The fraction of sp³-hybridized carbons (Fsp3) is 0.240. The Bertz CT molecular complexity index is 1400. The van der Waals surface area contributed by atoms with Gasteiger partial charge in [-0.05, 0) is 58.7 Å². The minimum atomic E-state index is -4.69. The maximum absolute atomic E-state index is 12.2. The number of hydrogen-bond acceptors (Lipinski definition) is 7. The van der Waals surface area contributed by atoms with Crippen molar-refractivity contribution < 1.29 is 55.5 Å². The molecular weight excluding hydrogens is 525 g/mol. The third kappa shape index (κ3) is 8.37. The summed E-state index contributed by atoms with van der Waals surface area (Å²) in [5, 5.41) is 0. The van der Waals surface area contributed by atoms with Gasteiger partial charge in [0.1, 0.15) is 4.91 Å². The summed E-state index contributed by atoms with van der Waals surface area (Å²) >= 11 is 0. The van der Waals surface area contributed by atoms with E-state index in [4.69, 9.17) is 4.55 Å². The second-order valence-electron chi connectivity index (χ2n) is 8.58. The van der Waals surface area contributed by atoms with E-state index < -0.39 is 30.9 Å². The van der Waals surface area contributed by atoms with Gasteiger partial charge in [0.25, 0.3) is 20.2 Å². The van der Waals surface area contributed by atoms with Crippen molar-refractivity contribution in [2.24, 2.45) is 4.99 Å². The van der Waals surface area contributed by atoms with Crippen LogP contribution < -0.4 is 39.4 Å². The van der Waals surface area contributed by atoms with Crippen molar-refractivity contribution in [3.05, 3.63) is 88.4 Å². The molecule has 0 spiro atoms. The normalized spacial score (nSPS) is 14.7. The first-order valence-corrected chi connectivity index (χ1v) is 14.0. The van der Waals surface area contributed by atoms with Gasteiger partial charge >= 0.3 is 29.6 Å². The van der Waals surface area contributed by atoms with Crippen molar-refractivity contribution in [2.45, 2.75) is 0 Å². The SMILES string of the molecule is CN(C)c1ccc(C(=C2C=CC(=NCCS(=O)(=O)O)C(S(=O)(=O)O)=C2)c2ccc(N(C)C)cc2)cc1.[Na+]. The van der Waals surface area contributed by atoms with Crippen molar-refractivity contribution in [1.82, 2.24) is 0 Å². The summed E-state index contributed by atoms with van der Waals surface area (Å²) in [5.74, 6) is -0.673. The van der Waals surface area contributed by atoms with Crippen LogP contribution in [0.5, 0.6) is 0 Å². The summed E-state index contributed by atoms with van der Waals surface area (Å²) in [6, 6.07) is 15.5. The molecule has 0 bridgehead atoms. The molecular formula is C25H29N3NaO6S2+. The van der Waals surface area contributed by atoms with Crippen molar-refractivity contribution >= 4 is 42.9 Å². The van der Waals surface area contributed by atoms with Gasteiger partial charge < -0.3 is 9.80 Å². The van der Waals surface area contributed by atoms with Crippen LogP contribution in [0.25, 0.3) is 5.57 Å². The number of nitrogens with zero attached hydrogens (tertiary/aromatic N) is 3. The monoisotopic (exact) mass is 554 g/mol. The second-order valence-corrected chi connectivity index (χ2v) is 11.5. The van der Waals surface area contributed by atoms with Crippen LogP contribution in [-0.4, -0.2) is 72.1 Å². The summed E-state index contributed by atoms with van der Waals surface area (Å²) in [4.78, 5) is 7.45. The zero-order valence-corrected chi connectivity index (χ0v) is 25.1. The Kier molecular flexibility index (Phi) is 10.5. The Morgan fingerprint density at radius 2 is 1.24 bits per heavy atom. The molecule has 0 fully saturated rings. The smallest absolute Gasteiger partial charge is 0.378 e. The number of anilines is 2. The van der Waals surface area contributed by atoms with Crippen molar-refractivity contribution in [1.29, 1.82) is 0 Å². The molecule has 0 saturated heterocycles. The van der Waals surface area contributed by atoms with Crippen LogP contribution in [0.2, 0.25) is 0 Å². The summed E-state index contributed by atoms with van der Waals surface area (Å²) in [5.41, 5.74) is 4.80. The van der Waals surface area contributed by atoms with E-state index in [0.717, 1.165) is 28.1 Å². The van der Waals surface area contributed by atoms with Crippen LogP contribution in [0, 0.1) is 0 Å². The van der Waals surface area contributed by atoms with E-state index in [-0.39, 0.29) is 41.8 Å². The largest absolute Gasteiger partial charge is 1.00 e. The number of rotatable bonds is 8. The van der Waals surface area contributed by atoms with Gasteiger partial charge in [0.15, 0.2) is 0 Å². The standard InChI is InChI=1S/C25H29N3O6S2.Na/c1-27(2)21-10-5-18(6-11-21)25(19-7-12-22(13-8-19)28(3)4)20-9-14-23(24(17-20)36(32,33)34)26-15-16-35(29,30)31;/h5-14,17H,15-16H2,1-4H3,(H,29,30,31)(H,32,33,34);/q;+1. The molecule has 12 heteroatoms. The average Bonchev–Trinajstić information content (AvgIpc) is 2.79. The first-order chi connectivity index (χ1) is 16.8. The molecule has 0 radical (unpaired) electrons. The number of allylic oxidation sites excluding steroid dienone is 5. The summed E-state index contributed by atoms with van der Waals surface area (Å²) < 4.78 is 65.3. The summed E-state index contributed by atoms with van der Waals surface area (Å²) in [6.45, 7) is -0.366. The van der Waals surface area contributed by atoms with Crippen molar-refractivity contribution in [3.63, 3.8) is 0 Å². The first kappa shape index (κ1) is 31.0. The number of benzene rings is 2. The molecule has 0 aliphatic heterocycles. The van der Waals surface area contributed by atoms with Gasteiger partial charge in [-0.15, -0.1) is 0 Å². The molecule has 3 rings (SSSR count). The third-order valence-electron chi connectivity index (χ3n) is 5.50. The molecule has 0 unspecified atom stereocenters. The van der Waals surface area contributed by atoms with Crippen LogP contribution in [0.4, 0.5) is 11.4 Å². The van der Waals surface area contributed by atoms with Crippen LogP contribution in [0.1, 0.15) is 11.1 Å². The molecule has 2 N–H and O–H groups in total. The van der Waals surface area contributed by atoms with Crippen molar-refractivity contribution in [3.8, 4) is 0 Å². The van der Waals surface area contributed by atoms with E-state index in [0.29, 0.717) is 5.57 Å². The van der Waals surface area contributed by atoms with Crippen LogP contribution in [-0.2, 0) is 20.2 Å². The van der Waals surface area contributed by atoms with Gasteiger partial charge in [0, 0.05) is 39.6 Å². The van der Waals surface area contributed by atoms with E-state index in [1.807, 2.05) is 86.5 Å². The van der Waals surface area contributed by atoms with Gasteiger partial charge in [0.05, 0.1) is 18.0 Å². The predicted octanol–water partition coefficient (Wildman–Crippen LogP) is 0.295. The van der Waals surface area contributed by atoms with Gasteiger partial charge in [-0.1, -0.05) is 30.3 Å². The van der Waals surface area contributed by atoms with Crippen LogP contribution in [0.15, 0.2) is 82.2 Å². The topological polar surface area (TPSA) is 128 Å². The zero-order chi connectivity index (χ0) is 26.7. The molecule has 0 saturated carbocycles. The zero-order valence-electron chi connectivity index (χ0n) is 21.5. The van der Waals surface area contributed by atoms with Crippen LogP contribution >= 0.6 is 0 Å². The Hall–Kier alpha value is -2.25. The predicted molar refractivity (Wildman–Crippen MR) is 145 cm³/mol. The van der Waals surface area contributed by atoms with E-state index in [2.05, 4.69) is 4.99 Å². The van der Waals surface area contributed by atoms with E-state index in [9.17, 15) is 21.4 Å². The minimum Gasteiger partial charge on any atom is -0.378 e. The maximum Gasteiger partial charge on any atom is 1.00 e. The van der Waals surface area contributed by atoms with E-state index >= 15 is 0 Å². The molecule has 0 aromatic heterocycles. The van der Waals surface area contributed by atoms with Gasteiger partial charge in [0.2, 0.25) is 0 Å². The fourth-order valence-electron chi connectivity index (χ4n) is 3.64. The molecule has 1 aliphatic rings.